The highest BCUT2D eigenvalue weighted by molar-refractivity contribution is 5.71. The monoisotopic (exact) mass is 1150 g/mol. The van der Waals surface area contributed by atoms with Crippen LogP contribution in [0.25, 0.3) is 0 Å². The minimum absolute atomic E-state index is 0.878. The molecule has 5 saturated heterocycles. The summed E-state index contributed by atoms with van der Waals surface area (Å²) in [5.74, 6) is -12.2. The molecule has 20 atom stereocenters. The van der Waals surface area contributed by atoms with Gasteiger partial charge in [0.2, 0.25) is 0 Å². The van der Waals surface area contributed by atoms with Crippen LogP contribution in [0.4, 0.5) is 0 Å². The van der Waals surface area contributed by atoms with Crippen LogP contribution in [0, 0.1) is 0 Å². The molecule has 32 heteroatoms. The topological polar surface area (TPSA) is 389 Å². The Morgan fingerprint density at radius 2 is 0.338 bits per heavy atom. The van der Waals surface area contributed by atoms with Gasteiger partial charge in [0.05, 0.1) is 26.4 Å². The summed E-state index contributed by atoms with van der Waals surface area (Å²) >= 11 is 0. The lowest BCUT2D eigenvalue weighted by Crippen LogP contribution is -2.67. The molecule has 80 heavy (non-hydrogen) atoms. The first-order valence-corrected chi connectivity index (χ1v) is 24.7. The van der Waals surface area contributed by atoms with Crippen molar-refractivity contribution in [1.29, 1.82) is 0 Å². The van der Waals surface area contributed by atoms with Crippen molar-refractivity contribution in [3.8, 4) is 0 Å². The van der Waals surface area contributed by atoms with E-state index in [0.29, 0.717) is 0 Å². The Morgan fingerprint density at radius 1 is 0.212 bits per heavy atom. The molecular weight excluding hydrogens is 1090 g/mol. The van der Waals surface area contributed by atoms with E-state index in [4.69, 9.17) is 94.7 Å². The van der Waals surface area contributed by atoms with Gasteiger partial charge in [0.15, 0.2) is 98.4 Å². The molecule has 0 aromatic carbocycles. The average molecular weight is 1150 g/mol. The van der Waals surface area contributed by atoms with E-state index < -0.39 is 221 Å². The molecule has 0 radical (unpaired) electrons. The van der Waals surface area contributed by atoms with Crippen molar-refractivity contribution in [2.45, 2.75) is 206 Å². The third kappa shape index (κ3) is 17.7. The van der Waals surface area contributed by atoms with E-state index in [9.17, 15) is 57.5 Å². The maximum absolute atomic E-state index is 12.8. The summed E-state index contributed by atoms with van der Waals surface area (Å²) in [6, 6.07) is 0. The second kappa shape index (κ2) is 28.6. The molecule has 0 saturated carbocycles. The third-order valence-electron chi connectivity index (χ3n) is 11.7. The molecule has 0 amide bonds. The van der Waals surface area contributed by atoms with Gasteiger partial charge in [0, 0.05) is 83.1 Å². The number of esters is 12. The van der Waals surface area contributed by atoms with Crippen LogP contribution in [0.2, 0.25) is 0 Å². The first kappa shape index (κ1) is 64.1. The lowest BCUT2D eigenvalue weighted by atomic mass is 9.96. The van der Waals surface area contributed by atoms with Gasteiger partial charge in [-0.25, -0.2) is 0 Å². The highest BCUT2D eigenvalue weighted by atomic mass is 16.8. The summed E-state index contributed by atoms with van der Waals surface area (Å²) in [4.78, 5) is 154. The van der Waals surface area contributed by atoms with Crippen LogP contribution >= 0.6 is 0 Å². The predicted octanol–water partition coefficient (Wildman–Crippen LogP) is -1.85. The van der Waals surface area contributed by atoms with Gasteiger partial charge < -0.3 is 94.7 Å². The predicted molar refractivity (Wildman–Crippen MR) is 245 cm³/mol. The van der Waals surface area contributed by atoms with Gasteiger partial charge >= 0.3 is 71.6 Å². The molecule has 32 nitrogen and oxygen atoms in total. The summed E-state index contributed by atoms with van der Waals surface area (Å²) in [6.45, 7) is 8.06. The zero-order valence-corrected chi connectivity index (χ0v) is 45.4. The van der Waals surface area contributed by atoms with Crippen LogP contribution in [0.3, 0.4) is 0 Å². The largest absolute Gasteiger partial charge is 0.456 e. The standard InChI is InChI=1S/C48H64O32/c1-17(49)65-33-29-13-61-46-42(74-26(10)58)38(70-22(6)54)35(67-19(3)51)31(78-46)15-63-48-44(76-28(12)60)40(72-24(8)56)36(68-20(4)52)32(80-48)16-64-47-43(75-27(11)59)39(71-23(7)55)34(66-18(2)50)30(79-47)14-62-45(77-29)41(73-25(9)57)37(33)69-21(5)53/h29-48H,13-16H2,1-12H3/t29-,30-,31-,32-,33-,34-,35-,36-,37+,38+,39+,40+,41-,42-,43-,44-,45-,46-,47-,48-/m1/s1. The quantitative estimate of drug-likeness (QED) is 0.153. The van der Waals surface area contributed by atoms with Gasteiger partial charge in [-0.2, -0.15) is 0 Å². The van der Waals surface area contributed by atoms with E-state index in [1.165, 1.54) is 0 Å². The molecule has 448 valence electrons. The Balaban J connectivity index is 1.79. The zero-order chi connectivity index (χ0) is 59.4. The van der Waals surface area contributed by atoms with Crippen LogP contribution in [0.5, 0.6) is 0 Å². The minimum atomic E-state index is -1.95. The number of ether oxygens (including phenoxy) is 20. The van der Waals surface area contributed by atoms with E-state index in [1.54, 1.807) is 0 Å². The van der Waals surface area contributed by atoms with Crippen molar-refractivity contribution in [1.82, 2.24) is 0 Å². The molecule has 5 aliphatic rings. The van der Waals surface area contributed by atoms with E-state index in [0.717, 1.165) is 83.1 Å². The van der Waals surface area contributed by atoms with Gasteiger partial charge in [-0.05, 0) is 0 Å². The summed E-state index contributed by atoms with van der Waals surface area (Å²) < 4.78 is 117. The second-order valence-electron chi connectivity index (χ2n) is 18.4. The van der Waals surface area contributed by atoms with Gasteiger partial charge in [-0.3, -0.25) is 57.5 Å². The fourth-order valence-corrected chi connectivity index (χ4v) is 9.25. The Bertz CT molecular complexity index is 1870. The molecule has 0 unspecified atom stereocenters. The van der Waals surface area contributed by atoms with Crippen LogP contribution in [0.1, 0.15) is 83.1 Å². The summed E-state index contributed by atoms with van der Waals surface area (Å²) in [6.07, 6.45) is -36.5. The molecule has 5 fully saturated rings. The number of carbonyl (C=O) groups is 12. The molecule has 0 aliphatic carbocycles. The SMILES string of the molecule is CC(=O)O[C@@H]1[C@@H](OC(C)=O)[C@@H]2OC[C@H]3O[C@@H](OC[C@H]4O[C@@H](OC[C@H]5O[C@@H](OC[C@@H](O2)[C@H]1OC(C)=O)[C@H](OC(C)=O)[C@@H](OC(C)=O)[C@@H]5OC(C)=O)[C@H](OC(C)=O)[C@@H](OC(C)=O)[C@@H]4OC(C)=O)[C@H](OC(C)=O)[C@@H](OC(C)=O)[C@@H]3OC(C)=O. The number of hydrogen-bond donors (Lipinski definition) is 0. The first-order chi connectivity index (χ1) is 37.5. The molecular formula is C48H64O32. The molecule has 8 bridgehead atoms. The number of carbonyl (C=O) groups excluding carboxylic acids is 12. The maximum atomic E-state index is 12.8. The fourth-order valence-electron chi connectivity index (χ4n) is 9.25. The smallest absolute Gasteiger partial charge is 0.303 e. The summed E-state index contributed by atoms with van der Waals surface area (Å²) in [5, 5.41) is 0. The average Bonchev–Trinajstić information content (AvgIpc) is 3.31. The Hall–Kier alpha value is -6.68. The summed E-state index contributed by atoms with van der Waals surface area (Å²) in [7, 11) is 0. The summed E-state index contributed by atoms with van der Waals surface area (Å²) in [5.41, 5.74) is 0. The second-order valence-corrected chi connectivity index (χ2v) is 18.4. The first-order valence-electron chi connectivity index (χ1n) is 24.7. The normalized spacial score (nSPS) is 35.2. The number of rotatable bonds is 12. The van der Waals surface area contributed by atoms with Gasteiger partial charge in [0.25, 0.3) is 0 Å². The third-order valence-corrected chi connectivity index (χ3v) is 11.7. The Labute approximate surface area is 455 Å². The minimum Gasteiger partial charge on any atom is -0.456 e. The molecule has 0 aromatic rings. The Morgan fingerprint density at radius 3 is 0.475 bits per heavy atom. The van der Waals surface area contributed by atoms with Gasteiger partial charge in [0.1, 0.15) is 24.4 Å². The molecule has 5 rings (SSSR count). The highest BCUT2D eigenvalue weighted by Gasteiger charge is 2.59. The molecule has 5 heterocycles. The van der Waals surface area contributed by atoms with Crippen LogP contribution in [-0.2, 0) is 152 Å². The van der Waals surface area contributed by atoms with Gasteiger partial charge in [-0.1, -0.05) is 0 Å². The van der Waals surface area contributed by atoms with Crippen molar-refractivity contribution in [3.05, 3.63) is 0 Å². The lowest BCUT2D eigenvalue weighted by molar-refractivity contribution is -0.359. The highest BCUT2D eigenvalue weighted by Crippen LogP contribution is 2.38. The number of hydrogen-bond acceptors (Lipinski definition) is 32. The molecule has 5 aliphatic heterocycles. The van der Waals surface area contributed by atoms with E-state index >= 15 is 0 Å². The molecule has 0 spiro atoms. The van der Waals surface area contributed by atoms with Crippen molar-refractivity contribution < 1.29 is 152 Å². The van der Waals surface area contributed by atoms with Crippen LogP contribution in [-0.4, -0.2) is 221 Å². The van der Waals surface area contributed by atoms with E-state index in [-0.39, 0.29) is 0 Å². The fraction of sp³-hybridized carbons (Fsp3) is 0.750. The van der Waals surface area contributed by atoms with Crippen molar-refractivity contribution in [3.63, 3.8) is 0 Å². The van der Waals surface area contributed by atoms with Crippen molar-refractivity contribution in [2.24, 2.45) is 0 Å². The molecule has 0 N–H and O–H groups in total. The van der Waals surface area contributed by atoms with Crippen LogP contribution in [0.15, 0.2) is 0 Å². The van der Waals surface area contributed by atoms with E-state index in [1.807, 2.05) is 0 Å². The van der Waals surface area contributed by atoms with Crippen LogP contribution < -0.4 is 0 Å². The van der Waals surface area contributed by atoms with Crippen molar-refractivity contribution >= 4 is 71.6 Å². The van der Waals surface area contributed by atoms with E-state index in [2.05, 4.69) is 0 Å². The lowest BCUT2D eigenvalue weighted by Gasteiger charge is -2.48. The molecule has 0 aromatic heterocycles. The van der Waals surface area contributed by atoms with Crippen molar-refractivity contribution in [2.75, 3.05) is 26.4 Å². The number of fused-ring (bicyclic) bond motifs is 8. The Kier molecular flexibility index (Phi) is 23.0. The zero-order valence-electron chi connectivity index (χ0n) is 45.4. The van der Waals surface area contributed by atoms with Gasteiger partial charge in [-0.15, -0.1) is 0 Å². The maximum Gasteiger partial charge on any atom is 0.303 e.